The molecule has 34 heavy (non-hydrogen) atoms. The summed E-state index contributed by atoms with van der Waals surface area (Å²) in [5.41, 5.74) is 0. The van der Waals surface area contributed by atoms with Crippen LogP contribution < -0.4 is 14.2 Å². The number of ether oxygens (including phenoxy) is 4. The summed E-state index contributed by atoms with van der Waals surface area (Å²) in [6, 6.07) is 5.14. The van der Waals surface area contributed by atoms with Crippen LogP contribution in [-0.4, -0.2) is 32.8 Å². The monoisotopic (exact) mass is 478 g/mol. The largest absolute Gasteiger partial charge is 0.493 e. The van der Waals surface area contributed by atoms with Crippen molar-refractivity contribution in [1.82, 2.24) is 0 Å². The van der Waals surface area contributed by atoms with E-state index in [1.165, 1.54) is 84.8 Å². The highest BCUT2D eigenvalue weighted by Gasteiger charge is 2.16. The quantitative estimate of drug-likeness (QED) is 0.104. The molecule has 0 fully saturated rings. The third-order valence-corrected chi connectivity index (χ3v) is 5.87. The van der Waals surface area contributed by atoms with Gasteiger partial charge in [0.25, 0.3) is 0 Å². The van der Waals surface area contributed by atoms with Crippen LogP contribution in [0.3, 0.4) is 0 Å². The number of carbonyl (C=O) groups is 2. The summed E-state index contributed by atoms with van der Waals surface area (Å²) in [5, 5.41) is 0. The maximum Gasteiger partial charge on any atom is 0.311 e. The fourth-order valence-electron chi connectivity index (χ4n) is 3.84. The summed E-state index contributed by atoms with van der Waals surface area (Å²) in [6.45, 7) is 2.72. The van der Waals surface area contributed by atoms with E-state index in [0.717, 1.165) is 12.8 Å². The Morgan fingerprint density at radius 2 is 1.12 bits per heavy atom. The van der Waals surface area contributed by atoms with Crippen molar-refractivity contribution >= 4 is 11.9 Å². The van der Waals surface area contributed by atoms with Crippen molar-refractivity contribution in [2.75, 3.05) is 20.8 Å². The van der Waals surface area contributed by atoms with E-state index >= 15 is 0 Å². The van der Waals surface area contributed by atoms with E-state index in [9.17, 15) is 9.59 Å². The second-order valence-corrected chi connectivity index (χ2v) is 8.78. The minimum atomic E-state index is -0.438. The van der Waals surface area contributed by atoms with Crippen LogP contribution in [0.4, 0.5) is 0 Å². The van der Waals surface area contributed by atoms with Gasteiger partial charge in [-0.2, -0.15) is 0 Å². The average Bonchev–Trinajstić information content (AvgIpc) is 2.84. The van der Waals surface area contributed by atoms with Crippen molar-refractivity contribution < 1.29 is 28.5 Å². The Balaban J connectivity index is 1.99. The standard InChI is InChI=1S/C28H46O6/c1-4-5-6-7-8-9-10-11-12-13-14-15-16-23-33-26(29)21-18-22-27(30)34-28-24(31-2)19-17-20-25(28)32-3/h17,19-20H,4-16,18,21-23H2,1-3H3. The van der Waals surface area contributed by atoms with E-state index in [1.807, 2.05) is 0 Å². The first-order valence-corrected chi connectivity index (χ1v) is 13.2. The van der Waals surface area contributed by atoms with E-state index in [4.69, 9.17) is 18.9 Å². The van der Waals surface area contributed by atoms with Crippen LogP contribution in [0.2, 0.25) is 0 Å². The van der Waals surface area contributed by atoms with Crippen LogP contribution in [0.25, 0.3) is 0 Å². The molecule has 0 atom stereocenters. The molecule has 0 spiro atoms. The predicted molar refractivity (Wildman–Crippen MR) is 136 cm³/mol. The maximum absolute atomic E-state index is 12.1. The minimum Gasteiger partial charge on any atom is -0.493 e. The Kier molecular flexibility index (Phi) is 17.7. The summed E-state index contributed by atoms with van der Waals surface area (Å²) in [4.78, 5) is 24.0. The Labute approximate surface area is 206 Å². The molecule has 0 saturated carbocycles. The molecule has 0 N–H and O–H groups in total. The highest BCUT2D eigenvalue weighted by Crippen LogP contribution is 2.37. The van der Waals surface area contributed by atoms with Gasteiger partial charge >= 0.3 is 11.9 Å². The molecule has 1 aromatic rings. The van der Waals surface area contributed by atoms with Crippen molar-refractivity contribution in [3.63, 3.8) is 0 Å². The van der Waals surface area contributed by atoms with E-state index in [-0.39, 0.29) is 24.6 Å². The molecular formula is C28H46O6. The highest BCUT2D eigenvalue weighted by atomic mass is 16.6. The summed E-state index contributed by atoms with van der Waals surface area (Å²) >= 11 is 0. The molecule has 0 aromatic heterocycles. The van der Waals surface area contributed by atoms with Gasteiger partial charge in [-0.15, -0.1) is 0 Å². The van der Waals surface area contributed by atoms with Gasteiger partial charge in [0.05, 0.1) is 20.8 Å². The van der Waals surface area contributed by atoms with Gasteiger partial charge in [0.2, 0.25) is 5.75 Å². The lowest BCUT2D eigenvalue weighted by molar-refractivity contribution is -0.144. The molecule has 6 nitrogen and oxygen atoms in total. The number of esters is 2. The normalized spacial score (nSPS) is 10.7. The zero-order chi connectivity index (χ0) is 24.9. The summed E-state index contributed by atoms with van der Waals surface area (Å²) in [7, 11) is 3.00. The highest BCUT2D eigenvalue weighted by molar-refractivity contribution is 5.75. The third kappa shape index (κ3) is 14.1. The molecule has 0 amide bonds. The van der Waals surface area contributed by atoms with E-state index in [1.54, 1.807) is 18.2 Å². The van der Waals surface area contributed by atoms with Crippen LogP contribution in [0.15, 0.2) is 18.2 Å². The number of methoxy groups -OCH3 is 2. The average molecular weight is 479 g/mol. The molecule has 0 bridgehead atoms. The Hall–Kier alpha value is -2.24. The molecule has 0 aliphatic heterocycles. The molecule has 0 aliphatic carbocycles. The van der Waals surface area contributed by atoms with Crippen LogP contribution >= 0.6 is 0 Å². The van der Waals surface area contributed by atoms with Crippen molar-refractivity contribution in [2.24, 2.45) is 0 Å². The zero-order valence-electron chi connectivity index (χ0n) is 21.7. The molecule has 1 rings (SSSR count). The first-order valence-electron chi connectivity index (χ1n) is 13.2. The predicted octanol–water partition coefficient (Wildman–Crippen LogP) is 7.41. The zero-order valence-corrected chi connectivity index (χ0v) is 21.7. The molecule has 194 valence electrons. The first-order chi connectivity index (χ1) is 16.6. The fourth-order valence-corrected chi connectivity index (χ4v) is 3.84. The van der Waals surface area contributed by atoms with Crippen molar-refractivity contribution in [2.45, 2.75) is 110 Å². The third-order valence-electron chi connectivity index (χ3n) is 5.87. The van der Waals surface area contributed by atoms with Crippen molar-refractivity contribution in [1.29, 1.82) is 0 Å². The lowest BCUT2D eigenvalue weighted by Crippen LogP contribution is -2.11. The number of hydrogen-bond donors (Lipinski definition) is 0. The lowest BCUT2D eigenvalue weighted by Gasteiger charge is -2.12. The smallest absolute Gasteiger partial charge is 0.311 e. The molecule has 6 heteroatoms. The molecular weight excluding hydrogens is 432 g/mol. The van der Waals surface area contributed by atoms with Gasteiger partial charge in [-0.3, -0.25) is 9.59 Å². The summed E-state index contributed by atoms with van der Waals surface area (Å²) in [6.07, 6.45) is 17.5. The lowest BCUT2D eigenvalue weighted by atomic mass is 10.0. The number of para-hydroxylation sites is 1. The van der Waals surface area contributed by atoms with Gasteiger partial charge in [-0.25, -0.2) is 0 Å². The number of carbonyl (C=O) groups excluding carboxylic acids is 2. The van der Waals surface area contributed by atoms with Crippen LogP contribution in [0.1, 0.15) is 110 Å². The summed E-state index contributed by atoms with van der Waals surface area (Å²) in [5.74, 6) is 0.394. The SMILES string of the molecule is CCCCCCCCCCCCCCCOC(=O)CCCC(=O)Oc1c(OC)cccc1OC. The van der Waals surface area contributed by atoms with Crippen LogP contribution in [0, 0.1) is 0 Å². The number of benzene rings is 1. The van der Waals surface area contributed by atoms with E-state index < -0.39 is 5.97 Å². The fraction of sp³-hybridized carbons (Fsp3) is 0.714. The Bertz CT molecular complexity index is 651. The summed E-state index contributed by atoms with van der Waals surface area (Å²) < 4.78 is 21.1. The molecule has 0 heterocycles. The van der Waals surface area contributed by atoms with Crippen LogP contribution in [0.5, 0.6) is 17.2 Å². The first kappa shape index (κ1) is 29.8. The number of hydrogen-bond acceptors (Lipinski definition) is 6. The van der Waals surface area contributed by atoms with E-state index in [2.05, 4.69) is 6.92 Å². The minimum absolute atomic E-state index is 0.120. The van der Waals surface area contributed by atoms with Crippen molar-refractivity contribution in [3.05, 3.63) is 18.2 Å². The van der Waals surface area contributed by atoms with Gasteiger partial charge in [0.15, 0.2) is 11.5 Å². The molecule has 0 saturated heterocycles. The van der Waals surface area contributed by atoms with Gasteiger partial charge in [0, 0.05) is 12.8 Å². The van der Waals surface area contributed by atoms with Crippen LogP contribution in [-0.2, 0) is 14.3 Å². The number of rotatable bonds is 21. The topological polar surface area (TPSA) is 71.1 Å². The van der Waals surface area contributed by atoms with Gasteiger partial charge in [-0.05, 0) is 25.0 Å². The number of unbranched alkanes of at least 4 members (excludes halogenated alkanes) is 12. The molecule has 0 radical (unpaired) electrons. The molecule has 0 aliphatic rings. The van der Waals surface area contributed by atoms with Crippen molar-refractivity contribution in [3.8, 4) is 17.2 Å². The second kappa shape index (κ2) is 20.2. The van der Waals surface area contributed by atoms with Gasteiger partial charge < -0.3 is 18.9 Å². The Morgan fingerprint density at radius 1 is 0.647 bits per heavy atom. The molecule has 0 unspecified atom stereocenters. The Morgan fingerprint density at radius 3 is 1.62 bits per heavy atom. The van der Waals surface area contributed by atoms with Gasteiger partial charge in [0.1, 0.15) is 0 Å². The maximum atomic E-state index is 12.1. The molecule has 1 aromatic carbocycles. The van der Waals surface area contributed by atoms with Gasteiger partial charge in [-0.1, -0.05) is 90.0 Å². The van der Waals surface area contributed by atoms with E-state index in [0.29, 0.717) is 24.5 Å². The second-order valence-electron chi connectivity index (χ2n) is 8.78.